The second kappa shape index (κ2) is 7.45. The number of nitrogens with zero attached hydrogens (tertiary/aromatic N) is 1. The molecule has 0 saturated carbocycles. The highest BCUT2D eigenvalue weighted by atomic mass is 32.1. The molecular weight excluding hydrogens is 323 g/mol. The number of aryl methyl sites for hydroxylation is 1. The van der Waals surface area contributed by atoms with E-state index in [-0.39, 0.29) is 17.8 Å². The molecule has 1 aromatic carbocycles. The molecule has 0 radical (unpaired) electrons. The van der Waals surface area contributed by atoms with Crippen molar-refractivity contribution in [2.75, 3.05) is 19.6 Å². The zero-order chi connectivity index (χ0) is 17.1. The molecule has 1 aliphatic rings. The van der Waals surface area contributed by atoms with Crippen LogP contribution in [0.4, 0.5) is 4.39 Å². The van der Waals surface area contributed by atoms with Crippen molar-refractivity contribution in [3.8, 4) is 10.4 Å². The minimum Gasteiger partial charge on any atom is -0.334 e. The fraction of sp³-hybridized carbons (Fsp3) is 0.421. The van der Waals surface area contributed by atoms with Crippen molar-refractivity contribution in [2.24, 2.45) is 0 Å². The van der Waals surface area contributed by atoms with Crippen LogP contribution in [0.2, 0.25) is 0 Å². The molecule has 1 fully saturated rings. The quantitative estimate of drug-likeness (QED) is 0.885. The van der Waals surface area contributed by atoms with Crippen molar-refractivity contribution in [1.82, 2.24) is 10.2 Å². The second-order valence-electron chi connectivity index (χ2n) is 6.27. The minimum atomic E-state index is -0.243. The van der Waals surface area contributed by atoms with Crippen LogP contribution in [0.5, 0.6) is 0 Å². The maximum Gasteiger partial charge on any atom is 0.264 e. The third kappa shape index (κ3) is 3.52. The summed E-state index contributed by atoms with van der Waals surface area (Å²) in [6, 6.07) is 8.72. The van der Waals surface area contributed by atoms with Crippen molar-refractivity contribution < 1.29 is 9.18 Å². The summed E-state index contributed by atoms with van der Waals surface area (Å²) in [6.45, 7) is 6.75. The van der Waals surface area contributed by atoms with E-state index in [9.17, 15) is 9.18 Å². The molecule has 1 N–H and O–H groups in total. The molecule has 128 valence electrons. The van der Waals surface area contributed by atoms with Crippen molar-refractivity contribution >= 4 is 17.2 Å². The number of thiophene rings is 1. The molecule has 1 amide bonds. The van der Waals surface area contributed by atoms with E-state index in [1.54, 1.807) is 12.1 Å². The van der Waals surface area contributed by atoms with E-state index in [0.717, 1.165) is 53.4 Å². The Bertz CT molecular complexity index is 705. The van der Waals surface area contributed by atoms with Crippen LogP contribution in [0.15, 0.2) is 30.3 Å². The lowest BCUT2D eigenvalue weighted by atomic mass is 10.1. The molecule has 1 aliphatic heterocycles. The van der Waals surface area contributed by atoms with Crippen LogP contribution in [0.3, 0.4) is 0 Å². The summed E-state index contributed by atoms with van der Waals surface area (Å²) in [7, 11) is 0. The van der Waals surface area contributed by atoms with E-state index >= 15 is 0 Å². The monoisotopic (exact) mass is 346 g/mol. The Labute approximate surface area is 146 Å². The number of hydrogen-bond donors (Lipinski definition) is 1. The smallest absolute Gasteiger partial charge is 0.264 e. The summed E-state index contributed by atoms with van der Waals surface area (Å²) in [5.74, 6) is -0.126. The summed E-state index contributed by atoms with van der Waals surface area (Å²) < 4.78 is 13.1. The van der Waals surface area contributed by atoms with E-state index in [2.05, 4.69) is 12.2 Å². The first kappa shape index (κ1) is 17.1. The fourth-order valence-electron chi connectivity index (χ4n) is 3.21. The number of hydrogen-bond acceptors (Lipinski definition) is 3. The zero-order valence-electron chi connectivity index (χ0n) is 14.1. The van der Waals surface area contributed by atoms with Gasteiger partial charge in [0.1, 0.15) is 5.82 Å². The van der Waals surface area contributed by atoms with Gasteiger partial charge in [-0.25, -0.2) is 4.39 Å². The summed E-state index contributed by atoms with van der Waals surface area (Å²) in [5, 5.41) is 3.34. The fourth-order valence-corrected chi connectivity index (χ4v) is 4.35. The van der Waals surface area contributed by atoms with Gasteiger partial charge in [0.2, 0.25) is 0 Å². The van der Waals surface area contributed by atoms with Gasteiger partial charge < -0.3 is 10.2 Å². The Morgan fingerprint density at radius 2 is 2.12 bits per heavy atom. The average Bonchev–Trinajstić information content (AvgIpc) is 3.23. The summed E-state index contributed by atoms with van der Waals surface area (Å²) in [5.41, 5.74) is 2.03. The first-order valence-electron chi connectivity index (χ1n) is 8.48. The molecule has 2 heterocycles. The molecule has 3 nitrogen and oxygen atoms in total. The number of nitrogens with one attached hydrogen (secondary N) is 1. The Morgan fingerprint density at radius 1 is 1.38 bits per heavy atom. The summed E-state index contributed by atoms with van der Waals surface area (Å²) in [4.78, 5) is 16.8. The van der Waals surface area contributed by atoms with E-state index < -0.39 is 0 Å². The topological polar surface area (TPSA) is 32.3 Å². The predicted molar refractivity (Wildman–Crippen MR) is 97.1 cm³/mol. The molecule has 5 heteroatoms. The molecule has 0 spiro atoms. The molecule has 1 unspecified atom stereocenters. The number of rotatable bonds is 5. The van der Waals surface area contributed by atoms with Crippen molar-refractivity contribution in [3.63, 3.8) is 0 Å². The molecule has 1 atom stereocenters. The third-order valence-electron chi connectivity index (χ3n) is 4.44. The van der Waals surface area contributed by atoms with Gasteiger partial charge in [-0.15, -0.1) is 11.3 Å². The van der Waals surface area contributed by atoms with Crippen LogP contribution in [-0.4, -0.2) is 36.5 Å². The van der Waals surface area contributed by atoms with Crippen LogP contribution < -0.4 is 5.32 Å². The number of benzene rings is 1. The first-order valence-corrected chi connectivity index (χ1v) is 9.30. The Hall–Kier alpha value is -1.72. The van der Waals surface area contributed by atoms with Gasteiger partial charge in [0.05, 0.1) is 4.88 Å². The highest BCUT2D eigenvalue weighted by Gasteiger charge is 2.28. The van der Waals surface area contributed by atoms with Gasteiger partial charge in [-0.2, -0.15) is 0 Å². The first-order chi connectivity index (χ1) is 11.6. The highest BCUT2D eigenvalue weighted by Crippen LogP contribution is 2.33. The zero-order valence-corrected chi connectivity index (χ0v) is 15.0. The number of halogens is 1. The Morgan fingerprint density at radius 3 is 2.75 bits per heavy atom. The summed E-state index contributed by atoms with van der Waals surface area (Å²) in [6.07, 6.45) is 1.97. The molecule has 2 aromatic rings. The minimum absolute atomic E-state index is 0.118. The third-order valence-corrected chi connectivity index (χ3v) is 5.71. The largest absolute Gasteiger partial charge is 0.334 e. The van der Waals surface area contributed by atoms with E-state index in [1.165, 1.54) is 23.5 Å². The SMILES string of the molecule is CCCN(C(=O)c1cc(C)c(-c2ccc(F)cc2)s1)C1CCNC1. The average molecular weight is 346 g/mol. The van der Waals surface area contributed by atoms with Gasteiger partial charge in [0.25, 0.3) is 5.91 Å². The normalized spacial score (nSPS) is 17.2. The van der Waals surface area contributed by atoms with Crippen LogP contribution >= 0.6 is 11.3 Å². The van der Waals surface area contributed by atoms with Crippen LogP contribution in [0.1, 0.15) is 35.0 Å². The second-order valence-corrected chi connectivity index (χ2v) is 7.33. The summed E-state index contributed by atoms with van der Waals surface area (Å²) >= 11 is 1.51. The molecule has 3 rings (SSSR count). The van der Waals surface area contributed by atoms with Crippen LogP contribution in [0.25, 0.3) is 10.4 Å². The molecule has 0 bridgehead atoms. The lowest BCUT2D eigenvalue weighted by molar-refractivity contribution is 0.0697. The Balaban J connectivity index is 1.87. The number of amides is 1. The number of carbonyl (C=O) groups is 1. The number of carbonyl (C=O) groups excluding carboxylic acids is 1. The lowest BCUT2D eigenvalue weighted by Gasteiger charge is -2.27. The van der Waals surface area contributed by atoms with Gasteiger partial charge in [-0.1, -0.05) is 19.1 Å². The van der Waals surface area contributed by atoms with Gasteiger partial charge in [0, 0.05) is 24.0 Å². The molecule has 1 aromatic heterocycles. The molecular formula is C19H23FN2OS. The van der Waals surface area contributed by atoms with Crippen molar-refractivity contribution in [1.29, 1.82) is 0 Å². The van der Waals surface area contributed by atoms with Crippen LogP contribution in [-0.2, 0) is 0 Å². The molecule has 1 saturated heterocycles. The van der Waals surface area contributed by atoms with E-state index in [0.29, 0.717) is 0 Å². The predicted octanol–water partition coefficient (Wildman–Crippen LogP) is 4.08. The maximum atomic E-state index is 13.1. The van der Waals surface area contributed by atoms with Crippen LogP contribution in [0, 0.1) is 12.7 Å². The maximum absolute atomic E-state index is 13.1. The van der Waals surface area contributed by atoms with Crippen molar-refractivity contribution in [2.45, 2.75) is 32.7 Å². The standard InChI is InChI=1S/C19H23FN2OS/c1-3-10-22(16-8-9-21-12-16)19(23)17-11-13(2)18(24-17)14-4-6-15(20)7-5-14/h4-7,11,16,21H,3,8-10,12H2,1-2H3. The van der Waals surface area contributed by atoms with Crippen molar-refractivity contribution in [3.05, 3.63) is 46.6 Å². The van der Waals surface area contributed by atoms with Gasteiger partial charge in [-0.3, -0.25) is 4.79 Å². The Kier molecular flexibility index (Phi) is 5.31. The van der Waals surface area contributed by atoms with Gasteiger partial charge in [-0.05, 0) is 55.6 Å². The lowest BCUT2D eigenvalue weighted by Crippen LogP contribution is -2.41. The molecule has 0 aliphatic carbocycles. The van der Waals surface area contributed by atoms with Gasteiger partial charge in [0.15, 0.2) is 0 Å². The molecule has 24 heavy (non-hydrogen) atoms. The van der Waals surface area contributed by atoms with Gasteiger partial charge >= 0.3 is 0 Å². The highest BCUT2D eigenvalue weighted by molar-refractivity contribution is 7.17. The van der Waals surface area contributed by atoms with E-state index in [4.69, 9.17) is 0 Å². The van der Waals surface area contributed by atoms with E-state index in [1.807, 2.05) is 17.9 Å².